The van der Waals surface area contributed by atoms with E-state index in [1.54, 1.807) is 7.11 Å². The second-order valence-electron chi connectivity index (χ2n) is 3.33. The maximum absolute atomic E-state index is 11.0. The molecule has 0 rings (SSSR count). The van der Waals surface area contributed by atoms with Gasteiger partial charge in [-0.1, -0.05) is 13.8 Å². The first kappa shape index (κ1) is 13.2. The smallest absolute Gasteiger partial charge is 0.316 e. The molecule has 14 heavy (non-hydrogen) atoms. The van der Waals surface area contributed by atoms with Gasteiger partial charge in [0.2, 0.25) is 0 Å². The molecule has 0 aliphatic carbocycles. The lowest BCUT2D eigenvalue weighted by atomic mass is 10.2. The molecule has 0 aliphatic rings. The molecule has 0 radical (unpaired) electrons. The lowest BCUT2D eigenvalue weighted by Crippen LogP contribution is -2.38. The lowest BCUT2D eigenvalue weighted by molar-refractivity contribution is 0.0642. The average Bonchev–Trinajstić information content (AvgIpc) is 2.14. The molecule has 0 spiro atoms. The zero-order valence-electron chi connectivity index (χ0n) is 9.13. The first-order valence-electron chi connectivity index (χ1n) is 4.75. The van der Waals surface area contributed by atoms with Crippen LogP contribution in [-0.2, 0) is 9.47 Å². The number of amides is 2. The molecular formula is C9H20N2O3. The minimum absolute atomic E-state index is 0.198. The number of carbonyl (C=O) groups excluding carboxylic acids is 1. The minimum Gasteiger partial charge on any atom is -0.382 e. The van der Waals surface area contributed by atoms with Gasteiger partial charge in [0.25, 0.3) is 0 Å². The Morgan fingerprint density at radius 3 is 2.57 bits per heavy atom. The predicted molar refractivity (Wildman–Crippen MR) is 54.1 cm³/mol. The van der Waals surface area contributed by atoms with Crippen molar-refractivity contribution in [3.05, 3.63) is 0 Å². The molecule has 0 aromatic heterocycles. The third-order valence-electron chi connectivity index (χ3n) is 1.44. The van der Waals surface area contributed by atoms with Gasteiger partial charge in [0.15, 0.2) is 0 Å². The van der Waals surface area contributed by atoms with Gasteiger partial charge in [0.1, 0.15) is 6.73 Å². The third kappa shape index (κ3) is 9.28. The molecular weight excluding hydrogens is 184 g/mol. The van der Waals surface area contributed by atoms with Gasteiger partial charge < -0.3 is 20.1 Å². The van der Waals surface area contributed by atoms with Crippen molar-refractivity contribution in [2.75, 3.05) is 33.6 Å². The third-order valence-corrected chi connectivity index (χ3v) is 1.44. The van der Waals surface area contributed by atoms with Gasteiger partial charge in [0.05, 0.1) is 13.2 Å². The van der Waals surface area contributed by atoms with Crippen LogP contribution in [-0.4, -0.2) is 39.6 Å². The molecule has 0 heterocycles. The molecule has 0 bridgehead atoms. The van der Waals surface area contributed by atoms with E-state index >= 15 is 0 Å². The van der Waals surface area contributed by atoms with Crippen molar-refractivity contribution in [2.45, 2.75) is 13.8 Å². The average molecular weight is 204 g/mol. The monoisotopic (exact) mass is 204 g/mol. The highest BCUT2D eigenvalue weighted by molar-refractivity contribution is 5.73. The molecule has 0 fully saturated rings. The fraction of sp³-hybridized carbons (Fsp3) is 0.889. The van der Waals surface area contributed by atoms with Crippen molar-refractivity contribution < 1.29 is 14.3 Å². The number of carbonyl (C=O) groups is 1. The Morgan fingerprint density at radius 1 is 1.29 bits per heavy atom. The van der Waals surface area contributed by atoms with Crippen LogP contribution in [0.4, 0.5) is 4.79 Å². The van der Waals surface area contributed by atoms with Crippen LogP contribution in [0.5, 0.6) is 0 Å². The Balaban J connectivity index is 3.18. The van der Waals surface area contributed by atoms with Gasteiger partial charge in [-0.25, -0.2) is 4.79 Å². The Bertz CT molecular complexity index is 151. The van der Waals surface area contributed by atoms with Crippen molar-refractivity contribution in [2.24, 2.45) is 5.92 Å². The topological polar surface area (TPSA) is 59.6 Å². The van der Waals surface area contributed by atoms with Gasteiger partial charge in [-0.2, -0.15) is 0 Å². The standard InChI is InChI=1S/C9H20N2O3/c1-8(2)6-10-9(12)11-7-14-5-4-13-3/h8H,4-7H2,1-3H3,(H2,10,11,12). The van der Waals surface area contributed by atoms with Crippen LogP contribution in [0.3, 0.4) is 0 Å². The van der Waals surface area contributed by atoms with Crippen molar-refractivity contribution >= 4 is 6.03 Å². The summed E-state index contributed by atoms with van der Waals surface area (Å²) in [6.45, 7) is 5.98. The second kappa shape index (κ2) is 8.77. The van der Waals surface area contributed by atoms with Crippen LogP contribution < -0.4 is 10.6 Å². The molecule has 5 heteroatoms. The van der Waals surface area contributed by atoms with E-state index in [0.29, 0.717) is 25.7 Å². The highest BCUT2D eigenvalue weighted by atomic mass is 16.5. The summed E-state index contributed by atoms with van der Waals surface area (Å²) in [6.07, 6.45) is 0. The summed E-state index contributed by atoms with van der Waals surface area (Å²) in [6, 6.07) is -0.198. The Labute approximate surface area is 85.1 Å². The van der Waals surface area contributed by atoms with Crippen molar-refractivity contribution in [3.63, 3.8) is 0 Å². The largest absolute Gasteiger partial charge is 0.382 e. The molecule has 0 saturated carbocycles. The molecule has 0 unspecified atom stereocenters. The van der Waals surface area contributed by atoms with Gasteiger partial charge in [-0.3, -0.25) is 0 Å². The lowest BCUT2D eigenvalue weighted by Gasteiger charge is -2.09. The molecule has 84 valence electrons. The van der Waals surface area contributed by atoms with E-state index in [0.717, 1.165) is 0 Å². The van der Waals surface area contributed by atoms with E-state index in [-0.39, 0.29) is 12.8 Å². The molecule has 0 atom stereocenters. The maximum Gasteiger partial charge on any atom is 0.316 e. The fourth-order valence-corrected chi connectivity index (χ4v) is 0.690. The predicted octanol–water partition coefficient (Wildman–Crippen LogP) is 0.562. The first-order valence-corrected chi connectivity index (χ1v) is 4.75. The summed E-state index contributed by atoms with van der Waals surface area (Å²) >= 11 is 0. The number of methoxy groups -OCH3 is 1. The van der Waals surface area contributed by atoms with Crippen LogP contribution >= 0.6 is 0 Å². The van der Waals surface area contributed by atoms with Gasteiger partial charge in [0, 0.05) is 13.7 Å². The maximum atomic E-state index is 11.0. The fourth-order valence-electron chi connectivity index (χ4n) is 0.690. The number of rotatable bonds is 7. The Morgan fingerprint density at radius 2 is 2.00 bits per heavy atom. The molecule has 0 aromatic rings. The number of ether oxygens (including phenoxy) is 2. The minimum atomic E-state index is -0.198. The zero-order valence-corrected chi connectivity index (χ0v) is 9.13. The van der Waals surface area contributed by atoms with Crippen LogP contribution in [0.25, 0.3) is 0 Å². The van der Waals surface area contributed by atoms with E-state index < -0.39 is 0 Å². The number of nitrogens with one attached hydrogen (secondary N) is 2. The van der Waals surface area contributed by atoms with Crippen LogP contribution in [0.2, 0.25) is 0 Å². The molecule has 0 aromatic carbocycles. The van der Waals surface area contributed by atoms with E-state index in [4.69, 9.17) is 9.47 Å². The normalized spacial score (nSPS) is 10.3. The summed E-state index contributed by atoms with van der Waals surface area (Å²) in [4.78, 5) is 11.0. The Hall–Kier alpha value is -0.810. The Kier molecular flexibility index (Phi) is 8.27. The zero-order chi connectivity index (χ0) is 10.8. The number of urea groups is 1. The molecule has 5 nitrogen and oxygen atoms in total. The molecule has 0 saturated heterocycles. The van der Waals surface area contributed by atoms with Crippen molar-refractivity contribution in [3.8, 4) is 0 Å². The van der Waals surface area contributed by atoms with Crippen LogP contribution in [0.1, 0.15) is 13.8 Å². The van der Waals surface area contributed by atoms with Gasteiger partial charge >= 0.3 is 6.03 Å². The molecule has 2 amide bonds. The SMILES string of the molecule is COCCOCNC(=O)NCC(C)C. The second-order valence-corrected chi connectivity index (χ2v) is 3.33. The summed E-state index contributed by atoms with van der Waals surface area (Å²) < 4.78 is 9.83. The van der Waals surface area contributed by atoms with E-state index in [1.165, 1.54) is 0 Å². The van der Waals surface area contributed by atoms with E-state index in [1.807, 2.05) is 13.8 Å². The summed E-state index contributed by atoms with van der Waals surface area (Å²) in [5.41, 5.74) is 0. The summed E-state index contributed by atoms with van der Waals surface area (Å²) in [5.74, 6) is 0.454. The van der Waals surface area contributed by atoms with Gasteiger partial charge in [-0.05, 0) is 5.92 Å². The highest BCUT2D eigenvalue weighted by Gasteiger charge is 1.99. The first-order chi connectivity index (χ1) is 6.66. The van der Waals surface area contributed by atoms with Crippen molar-refractivity contribution in [1.29, 1.82) is 0 Å². The summed E-state index contributed by atoms with van der Waals surface area (Å²) in [7, 11) is 1.60. The molecule has 2 N–H and O–H groups in total. The van der Waals surface area contributed by atoms with E-state index in [2.05, 4.69) is 10.6 Å². The van der Waals surface area contributed by atoms with Crippen molar-refractivity contribution in [1.82, 2.24) is 10.6 Å². The number of hydrogen-bond acceptors (Lipinski definition) is 3. The summed E-state index contributed by atoms with van der Waals surface area (Å²) in [5, 5.41) is 5.28. The molecule has 0 aliphatic heterocycles. The van der Waals surface area contributed by atoms with Crippen LogP contribution in [0, 0.1) is 5.92 Å². The number of hydrogen-bond donors (Lipinski definition) is 2. The highest BCUT2D eigenvalue weighted by Crippen LogP contribution is 1.86. The quantitative estimate of drug-likeness (QED) is 0.470. The van der Waals surface area contributed by atoms with Gasteiger partial charge in [-0.15, -0.1) is 0 Å². The van der Waals surface area contributed by atoms with E-state index in [9.17, 15) is 4.79 Å². The van der Waals surface area contributed by atoms with Crippen LogP contribution in [0.15, 0.2) is 0 Å².